The number of carbonyl (C=O) groups is 1. The maximum Gasteiger partial charge on any atom is 0.332 e. The largest absolute Gasteiger partial charge is 0.352 e. The molecule has 0 bridgehead atoms. The van der Waals surface area contributed by atoms with Crippen molar-refractivity contribution >= 4 is 27.5 Å². The Bertz CT molecular complexity index is 1060. The van der Waals surface area contributed by atoms with Gasteiger partial charge in [0, 0.05) is 6.04 Å². The highest BCUT2D eigenvalue weighted by molar-refractivity contribution is 7.17. The van der Waals surface area contributed by atoms with E-state index in [4.69, 9.17) is 0 Å². The number of rotatable bonds is 5. The first-order valence-electron chi connectivity index (χ1n) is 8.11. The SMILES string of the molecule is CC(C)NC(=O)Cn1c(=O)n(Cc2ccc(F)cc2)c(=O)c2sccc21. The topological polar surface area (TPSA) is 73.1 Å². The number of hydrogen-bond acceptors (Lipinski definition) is 4. The van der Waals surface area contributed by atoms with Gasteiger partial charge in [0.15, 0.2) is 0 Å². The monoisotopic (exact) mass is 375 g/mol. The highest BCUT2D eigenvalue weighted by atomic mass is 32.1. The molecule has 26 heavy (non-hydrogen) atoms. The molecule has 0 unspecified atom stereocenters. The number of hydrogen-bond donors (Lipinski definition) is 1. The van der Waals surface area contributed by atoms with Crippen molar-refractivity contribution in [3.8, 4) is 0 Å². The fourth-order valence-electron chi connectivity index (χ4n) is 2.71. The molecule has 1 amide bonds. The lowest BCUT2D eigenvalue weighted by Crippen LogP contribution is -2.43. The molecule has 0 aliphatic heterocycles. The van der Waals surface area contributed by atoms with E-state index in [1.54, 1.807) is 11.4 Å². The van der Waals surface area contributed by atoms with E-state index in [9.17, 15) is 18.8 Å². The Balaban J connectivity index is 2.08. The van der Waals surface area contributed by atoms with Crippen LogP contribution in [0.5, 0.6) is 0 Å². The molecule has 0 saturated carbocycles. The molecule has 0 fully saturated rings. The second-order valence-electron chi connectivity index (χ2n) is 6.24. The van der Waals surface area contributed by atoms with Crippen molar-refractivity contribution in [1.29, 1.82) is 0 Å². The minimum absolute atomic E-state index is 0.0115. The Labute approximate surface area is 152 Å². The summed E-state index contributed by atoms with van der Waals surface area (Å²) in [4.78, 5) is 37.7. The number of aromatic nitrogens is 2. The molecule has 136 valence electrons. The third-order valence-corrected chi connectivity index (χ3v) is 4.73. The Kier molecular flexibility index (Phi) is 5.03. The van der Waals surface area contributed by atoms with Gasteiger partial charge in [-0.3, -0.25) is 18.7 Å². The second kappa shape index (κ2) is 7.25. The van der Waals surface area contributed by atoms with E-state index in [2.05, 4.69) is 5.32 Å². The molecule has 8 heteroatoms. The van der Waals surface area contributed by atoms with Crippen molar-refractivity contribution < 1.29 is 9.18 Å². The van der Waals surface area contributed by atoms with E-state index in [-0.39, 0.29) is 25.0 Å². The van der Waals surface area contributed by atoms with Gasteiger partial charge in [-0.05, 0) is 43.0 Å². The van der Waals surface area contributed by atoms with Gasteiger partial charge in [0.05, 0.1) is 12.1 Å². The molecule has 3 aromatic rings. The van der Waals surface area contributed by atoms with Gasteiger partial charge in [0.2, 0.25) is 5.91 Å². The third-order valence-electron chi connectivity index (χ3n) is 3.84. The number of fused-ring (bicyclic) bond motifs is 1. The van der Waals surface area contributed by atoms with Crippen molar-refractivity contribution in [2.24, 2.45) is 0 Å². The maximum absolute atomic E-state index is 13.1. The molecule has 0 radical (unpaired) electrons. The summed E-state index contributed by atoms with van der Waals surface area (Å²) in [5, 5.41) is 4.45. The normalized spacial score (nSPS) is 11.2. The van der Waals surface area contributed by atoms with Crippen LogP contribution in [0.15, 0.2) is 45.3 Å². The number of halogens is 1. The number of nitrogens with zero attached hydrogens (tertiary/aromatic N) is 2. The second-order valence-corrected chi connectivity index (χ2v) is 7.16. The number of thiophene rings is 1. The van der Waals surface area contributed by atoms with Crippen LogP contribution < -0.4 is 16.6 Å². The summed E-state index contributed by atoms with van der Waals surface area (Å²) in [5.41, 5.74) is 0.0907. The summed E-state index contributed by atoms with van der Waals surface area (Å²) in [7, 11) is 0. The van der Waals surface area contributed by atoms with Gasteiger partial charge < -0.3 is 5.32 Å². The molecule has 0 spiro atoms. The first-order valence-corrected chi connectivity index (χ1v) is 8.99. The van der Waals surface area contributed by atoms with E-state index in [1.807, 2.05) is 13.8 Å². The predicted molar refractivity (Wildman–Crippen MR) is 99.1 cm³/mol. The summed E-state index contributed by atoms with van der Waals surface area (Å²) in [6, 6.07) is 7.21. The molecule has 1 aromatic carbocycles. The molecule has 3 rings (SSSR count). The lowest BCUT2D eigenvalue weighted by molar-refractivity contribution is -0.122. The van der Waals surface area contributed by atoms with Crippen LogP contribution in [-0.4, -0.2) is 21.1 Å². The Morgan fingerprint density at radius 3 is 2.50 bits per heavy atom. The highest BCUT2D eigenvalue weighted by Crippen LogP contribution is 2.15. The van der Waals surface area contributed by atoms with Gasteiger partial charge >= 0.3 is 5.69 Å². The first kappa shape index (κ1) is 18.1. The summed E-state index contributed by atoms with van der Waals surface area (Å²) < 4.78 is 15.9. The summed E-state index contributed by atoms with van der Waals surface area (Å²) in [6.07, 6.45) is 0. The van der Waals surface area contributed by atoms with Crippen molar-refractivity contribution in [2.45, 2.75) is 33.0 Å². The Hall–Kier alpha value is -2.74. The number of benzene rings is 1. The van der Waals surface area contributed by atoms with Crippen LogP contribution in [0.25, 0.3) is 10.2 Å². The van der Waals surface area contributed by atoms with E-state index in [0.29, 0.717) is 15.8 Å². The van der Waals surface area contributed by atoms with Crippen LogP contribution in [0.3, 0.4) is 0 Å². The average Bonchev–Trinajstić information content (AvgIpc) is 3.06. The van der Waals surface area contributed by atoms with Crippen molar-refractivity contribution in [3.05, 3.63) is 67.9 Å². The van der Waals surface area contributed by atoms with Crippen molar-refractivity contribution in [1.82, 2.24) is 14.5 Å². The molecule has 0 aliphatic carbocycles. The third kappa shape index (κ3) is 3.60. The molecule has 2 aromatic heterocycles. The van der Waals surface area contributed by atoms with Crippen LogP contribution in [0.1, 0.15) is 19.4 Å². The van der Waals surface area contributed by atoms with Crippen LogP contribution in [0.2, 0.25) is 0 Å². The Morgan fingerprint density at radius 1 is 1.15 bits per heavy atom. The van der Waals surface area contributed by atoms with Gasteiger partial charge in [-0.2, -0.15) is 0 Å². The predicted octanol–water partition coefficient (Wildman–Crippen LogP) is 1.94. The molecule has 0 atom stereocenters. The maximum atomic E-state index is 13.1. The van der Waals surface area contributed by atoms with Crippen LogP contribution in [-0.2, 0) is 17.9 Å². The number of nitrogens with one attached hydrogen (secondary N) is 1. The van der Waals surface area contributed by atoms with Crippen LogP contribution >= 0.6 is 11.3 Å². The average molecular weight is 375 g/mol. The smallest absolute Gasteiger partial charge is 0.332 e. The van der Waals surface area contributed by atoms with Crippen molar-refractivity contribution in [3.63, 3.8) is 0 Å². The molecule has 6 nitrogen and oxygen atoms in total. The minimum atomic E-state index is -0.566. The minimum Gasteiger partial charge on any atom is -0.352 e. The van der Waals surface area contributed by atoms with E-state index >= 15 is 0 Å². The van der Waals surface area contributed by atoms with Gasteiger partial charge in [-0.25, -0.2) is 9.18 Å². The Morgan fingerprint density at radius 2 is 1.85 bits per heavy atom. The van der Waals surface area contributed by atoms with Gasteiger partial charge in [0.25, 0.3) is 5.56 Å². The molecular weight excluding hydrogens is 357 g/mol. The first-order chi connectivity index (χ1) is 12.4. The van der Waals surface area contributed by atoms with E-state index in [1.165, 1.54) is 40.2 Å². The standard InChI is InChI=1S/C18H18FN3O3S/c1-11(2)20-15(23)10-21-14-7-8-26-16(14)17(24)22(18(21)25)9-12-3-5-13(19)6-4-12/h3-8,11H,9-10H2,1-2H3,(H,20,23). The van der Waals surface area contributed by atoms with Crippen LogP contribution in [0, 0.1) is 5.82 Å². The molecular formula is C18H18FN3O3S. The molecule has 0 saturated heterocycles. The lowest BCUT2D eigenvalue weighted by atomic mass is 10.2. The van der Waals surface area contributed by atoms with E-state index in [0.717, 1.165) is 4.57 Å². The fourth-order valence-corrected chi connectivity index (χ4v) is 3.55. The highest BCUT2D eigenvalue weighted by Gasteiger charge is 2.17. The van der Waals surface area contributed by atoms with Gasteiger partial charge in [0.1, 0.15) is 17.1 Å². The summed E-state index contributed by atoms with van der Waals surface area (Å²) >= 11 is 1.22. The zero-order valence-corrected chi connectivity index (χ0v) is 15.2. The molecule has 2 heterocycles. The number of carbonyl (C=O) groups excluding carboxylic acids is 1. The summed E-state index contributed by atoms with van der Waals surface area (Å²) in [5.74, 6) is -0.695. The fraction of sp³-hybridized carbons (Fsp3) is 0.278. The zero-order chi connectivity index (χ0) is 18.8. The van der Waals surface area contributed by atoms with Gasteiger partial charge in [-0.1, -0.05) is 12.1 Å². The summed E-state index contributed by atoms with van der Waals surface area (Å²) in [6.45, 7) is 3.50. The molecule has 1 N–H and O–H groups in total. The molecule has 0 aliphatic rings. The zero-order valence-electron chi connectivity index (χ0n) is 14.4. The lowest BCUT2D eigenvalue weighted by Gasteiger charge is -2.13. The quantitative estimate of drug-likeness (QED) is 0.741. The van der Waals surface area contributed by atoms with E-state index < -0.39 is 17.1 Å². The number of amides is 1. The van der Waals surface area contributed by atoms with Crippen LogP contribution in [0.4, 0.5) is 4.39 Å². The van der Waals surface area contributed by atoms with Crippen molar-refractivity contribution in [2.75, 3.05) is 0 Å². The van der Waals surface area contributed by atoms with Gasteiger partial charge in [-0.15, -0.1) is 11.3 Å².